The third-order valence-electron chi connectivity index (χ3n) is 3.41. The molecule has 0 aromatic carbocycles. The average molecular weight is 236 g/mol. The normalized spacial score (nSPS) is 18.1. The highest BCUT2D eigenvalue weighted by Gasteiger charge is 2.35. The first-order valence-electron chi connectivity index (χ1n) is 5.90. The fourth-order valence-corrected chi connectivity index (χ4v) is 3.12. The summed E-state index contributed by atoms with van der Waals surface area (Å²) in [6.45, 7) is 4.16. The third-order valence-corrected chi connectivity index (χ3v) is 4.82. The molecule has 2 rings (SSSR count). The van der Waals surface area contributed by atoms with Crippen molar-refractivity contribution in [3.05, 3.63) is 29.6 Å². The Morgan fingerprint density at radius 3 is 2.81 bits per heavy atom. The van der Waals surface area contributed by atoms with Crippen molar-refractivity contribution in [1.29, 1.82) is 0 Å². The lowest BCUT2D eigenvalue weighted by Gasteiger charge is -2.40. The van der Waals surface area contributed by atoms with E-state index >= 15 is 0 Å². The van der Waals surface area contributed by atoms with Crippen LogP contribution in [0.5, 0.6) is 0 Å². The molecular formula is C13H20N2S. The van der Waals surface area contributed by atoms with Gasteiger partial charge in [-0.3, -0.25) is 4.98 Å². The Morgan fingerprint density at radius 1 is 1.44 bits per heavy atom. The molecule has 88 valence electrons. The molecule has 0 unspecified atom stereocenters. The van der Waals surface area contributed by atoms with Crippen molar-refractivity contribution in [3.8, 4) is 0 Å². The third kappa shape index (κ3) is 2.77. The maximum atomic E-state index is 4.21. The second kappa shape index (κ2) is 5.19. The molecule has 1 aliphatic carbocycles. The summed E-state index contributed by atoms with van der Waals surface area (Å²) in [4.78, 5) is 4.21. The summed E-state index contributed by atoms with van der Waals surface area (Å²) in [5.74, 6) is 0. The molecule has 0 aliphatic heterocycles. The predicted octanol–water partition coefficient (Wildman–Crippen LogP) is 2.77. The van der Waals surface area contributed by atoms with Gasteiger partial charge in [0.05, 0.1) is 0 Å². The van der Waals surface area contributed by atoms with Crippen molar-refractivity contribution in [3.63, 3.8) is 0 Å². The van der Waals surface area contributed by atoms with Crippen LogP contribution >= 0.6 is 11.8 Å². The number of aryl methyl sites for hydroxylation is 1. The van der Waals surface area contributed by atoms with Crippen molar-refractivity contribution >= 4 is 11.8 Å². The van der Waals surface area contributed by atoms with Gasteiger partial charge < -0.3 is 5.32 Å². The molecule has 0 bridgehead atoms. The van der Waals surface area contributed by atoms with E-state index in [1.807, 2.05) is 24.2 Å². The van der Waals surface area contributed by atoms with Crippen LogP contribution in [-0.2, 0) is 6.54 Å². The molecule has 2 nitrogen and oxygen atoms in total. The predicted molar refractivity (Wildman–Crippen MR) is 70.8 cm³/mol. The zero-order valence-corrected chi connectivity index (χ0v) is 10.9. The summed E-state index contributed by atoms with van der Waals surface area (Å²) in [5, 5.41) is 3.56. The molecule has 1 fully saturated rings. The molecule has 0 spiro atoms. The molecule has 1 N–H and O–H groups in total. The number of nitrogens with one attached hydrogen (secondary N) is 1. The highest BCUT2D eigenvalue weighted by Crippen LogP contribution is 2.42. The zero-order chi connectivity index (χ0) is 11.4. The standard InChI is InChI=1S/C13H20N2S/c1-11-6-12(8-14-7-11)9-15-10-13(16-2)4-3-5-13/h6-8,15H,3-5,9-10H2,1-2H3. The van der Waals surface area contributed by atoms with Gasteiger partial charge in [0.2, 0.25) is 0 Å². The van der Waals surface area contributed by atoms with Gasteiger partial charge in [-0.1, -0.05) is 12.5 Å². The fourth-order valence-electron chi connectivity index (χ4n) is 2.17. The summed E-state index contributed by atoms with van der Waals surface area (Å²) in [6.07, 6.45) is 10.2. The molecule has 0 saturated heterocycles. The van der Waals surface area contributed by atoms with Gasteiger partial charge in [0.15, 0.2) is 0 Å². The average Bonchev–Trinajstić information content (AvgIpc) is 2.22. The summed E-state index contributed by atoms with van der Waals surface area (Å²) in [6, 6.07) is 2.20. The van der Waals surface area contributed by atoms with E-state index in [0.717, 1.165) is 13.1 Å². The van der Waals surface area contributed by atoms with Crippen molar-refractivity contribution < 1.29 is 0 Å². The number of hydrogen-bond donors (Lipinski definition) is 1. The van der Waals surface area contributed by atoms with E-state index in [9.17, 15) is 0 Å². The second-order valence-corrected chi connectivity index (χ2v) is 5.99. The monoisotopic (exact) mass is 236 g/mol. The highest BCUT2D eigenvalue weighted by molar-refractivity contribution is 8.00. The molecule has 1 aromatic heterocycles. The van der Waals surface area contributed by atoms with Crippen LogP contribution in [0.1, 0.15) is 30.4 Å². The van der Waals surface area contributed by atoms with E-state index in [1.54, 1.807) is 0 Å². The molecule has 1 aromatic rings. The van der Waals surface area contributed by atoms with E-state index < -0.39 is 0 Å². The molecule has 1 heterocycles. The maximum Gasteiger partial charge on any atom is 0.0313 e. The number of hydrogen-bond acceptors (Lipinski definition) is 3. The number of nitrogens with zero attached hydrogens (tertiary/aromatic N) is 1. The summed E-state index contributed by atoms with van der Waals surface area (Å²) >= 11 is 2.02. The first-order chi connectivity index (χ1) is 7.74. The molecule has 0 atom stereocenters. The van der Waals surface area contributed by atoms with Crippen LogP contribution in [0.4, 0.5) is 0 Å². The highest BCUT2D eigenvalue weighted by atomic mass is 32.2. The van der Waals surface area contributed by atoms with E-state index in [4.69, 9.17) is 0 Å². The van der Waals surface area contributed by atoms with E-state index in [0.29, 0.717) is 4.75 Å². The number of pyridine rings is 1. The Morgan fingerprint density at radius 2 is 2.25 bits per heavy atom. The lowest BCUT2D eigenvalue weighted by molar-refractivity contribution is 0.345. The minimum absolute atomic E-state index is 0.525. The number of rotatable bonds is 5. The number of thioether (sulfide) groups is 1. The van der Waals surface area contributed by atoms with Crippen LogP contribution in [0.15, 0.2) is 18.5 Å². The van der Waals surface area contributed by atoms with E-state index in [2.05, 4.69) is 29.5 Å². The van der Waals surface area contributed by atoms with Crippen LogP contribution in [0.3, 0.4) is 0 Å². The number of aromatic nitrogens is 1. The Hall–Kier alpha value is -0.540. The van der Waals surface area contributed by atoms with Gasteiger partial charge in [-0.25, -0.2) is 0 Å². The maximum absolute atomic E-state index is 4.21. The topological polar surface area (TPSA) is 24.9 Å². The van der Waals surface area contributed by atoms with Crippen molar-refractivity contribution in [2.24, 2.45) is 0 Å². The van der Waals surface area contributed by atoms with Gasteiger partial charge in [-0.05, 0) is 37.1 Å². The lowest BCUT2D eigenvalue weighted by atomic mass is 9.84. The summed E-state index contributed by atoms with van der Waals surface area (Å²) in [5.41, 5.74) is 2.53. The molecule has 0 amide bonds. The largest absolute Gasteiger partial charge is 0.311 e. The Balaban J connectivity index is 1.79. The minimum Gasteiger partial charge on any atom is -0.311 e. The summed E-state index contributed by atoms with van der Waals surface area (Å²) < 4.78 is 0.525. The van der Waals surface area contributed by atoms with Gasteiger partial charge in [0.25, 0.3) is 0 Å². The van der Waals surface area contributed by atoms with Gasteiger partial charge in [-0.15, -0.1) is 0 Å². The molecule has 3 heteroatoms. The van der Waals surface area contributed by atoms with E-state index in [1.165, 1.54) is 30.4 Å². The molecular weight excluding hydrogens is 216 g/mol. The lowest BCUT2D eigenvalue weighted by Crippen LogP contribution is -2.43. The van der Waals surface area contributed by atoms with Crippen molar-refractivity contribution in [1.82, 2.24) is 10.3 Å². The first-order valence-corrected chi connectivity index (χ1v) is 7.13. The second-order valence-electron chi connectivity index (χ2n) is 4.71. The van der Waals surface area contributed by atoms with Crippen molar-refractivity contribution in [2.75, 3.05) is 12.8 Å². The Labute approximate surface area is 102 Å². The van der Waals surface area contributed by atoms with Gasteiger partial charge in [0, 0.05) is 30.2 Å². The molecule has 1 saturated carbocycles. The SMILES string of the molecule is CSC1(CNCc2cncc(C)c2)CCC1. The smallest absolute Gasteiger partial charge is 0.0313 e. The zero-order valence-electron chi connectivity index (χ0n) is 10.1. The van der Waals surface area contributed by atoms with E-state index in [-0.39, 0.29) is 0 Å². The van der Waals surface area contributed by atoms with Gasteiger partial charge >= 0.3 is 0 Å². The molecule has 1 aliphatic rings. The van der Waals surface area contributed by atoms with Crippen LogP contribution in [0.25, 0.3) is 0 Å². The van der Waals surface area contributed by atoms with Crippen molar-refractivity contribution in [2.45, 2.75) is 37.5 Å². The molecule has 0 radical (unpaired) electrons. The van der Waals surface area contributed by atoms with Crippen LogP contribution in [-0.4, -0.2) is 22.5 Å². The van der Waals surface area contributed by atoms with Gasteiger partial charge in [0.1, 0.15) is 0 Å². The fraction of sp³-hybridized carbons (Fsp3) is 0.615. The van der Waals surface area contributed by atoms with Crippen LogP contribution < -0.4 is 5.32 Å². The van der Waals surface area contributed by atoms with Crippen LogP contribution in [0, 0.1) is 6.92 Å². The Bertz CT molecular complexity index is 342. The quantitative estimate of drug-likeness (QED) is 0.851. The van der Waals surface area contributed by atoms with Crippen LogP contribution in [0.2, 0.25) is 0 Å². The Kier molecular flexibility index (Phi) is 3.87. The van der Waals surface area contributed by atoms with Gasteiger partial charge in [-0.2, -0.15) is 11.8 Å². The minimum atomic E-state index is 0.525. The first kappa shape index (κ1) is 11.9. The summed E-state index contributed by atoms with van der Waals surface area (Å²) in [7, 11) is 0. The molecule has 16 heavy (non-hydrogen) atoms.